The van der Waals surface area contributed by atoms with Crippen molar-refractivity contribution < 1.29 is 19.1 Å². The van der Waals surface area contributed by atoms with Crippen molar-refractivity contribution in [2.24, 2.45) is 5.92 Å². The summed E-state index contributed by atoms with van der Waals surface area (Å²) in [6.07, 6.45) is 5.88. The summed E-state index contributed by atoms with van der Waals surface area (Å²) in [7, 11) is 0. The Morgan fingerprint density at radius 3 is 2.72 bits per heavy atom. The number of carboxylic acid groups (broad SMARTS) is 1. The fraction of sp³-hybridized carbons (Fsp3) is 0.455. The van der Waals surface area contributed by atoms with E-state index in [4.69, 9.17) is 17.7 Å². The van der Waals surface area contributed by atoms with E-state index in [-0.39, 0.29) is 48.1 Å². The molecule has 2 heterocycles. The summed E-state index contributed by atoms with van der Waals surface area (Å²) in [5, 5.41) is 17.2. The van der Waals surface area contributed by atoms with E-state index < -0.39 is 12.0 Å². The van der Waals surface area contributed by atoms with Gasteiger partial charge in [-0.25, -0.2) is 4.39 Å². The van der Waals surface area contributed by atoms with Gasteiger partial charge in [0.05, 0.1) is 25.2 Å². The molecule has 1 N–H and O–H groups in total. The van der Waals surface area contributed by atoms with Gasteiger partial charge in [0.15, 0.2) is 5.78 Å². The Labute approximate surface area is 197 Å². The number of carbonyl (C=O) groups is 2. The van der Waals surface area contributed by atoms with Gasteiger partial charge in [-0.1, -0.05) is 18.2 Å². The number of carboxylic acids is 1. The molecule has 1 aromatic carbocycles. The van der Waals surface area contributed by atoms with Gasteiger partial charge in [-0.3, -0.25) is 14.5 Å². The first-order valence-corrected chi connectivity index (χ1v) is 11.0. The van der Waals surface area contributed by atoms with Crippen molar-refractivity contribution in [2.45, 2.75) is 43.5 Å². The lowest BCUT2D eigenvalue weighted by atomic mass is 9.93. The largest absolute Gasteiger partial charge is 0.481 e. The van der Waals surface area contributed by atoms with E-state index in [0.29, 0.717) is 24.3 Å². The van der Waals surface area contributed by atoms with Crippen LogP contribution in [0.5, 0.6) is 0 Å². The number of halogens is 2. The van der Waals surface area contributed by atoms with Gasteiger partial charge in [0, 0.05) is 29.8 Å². The van der Waals surface area contributed by atoms with Gasteiger partial charge >= 0.3 is 5.97 Å². The van der Waals surface area contributed by atoms with Crippen molar-refractivity contribution in [1.29, 1.82) is 0 Å². The molecule has 1 saturated heterocycles. The Hall–Kier alpha value is -2.23. The minimum absolute atomic E-state index is 0. The number of aromatic nitrogens is 3. The van der Waals surface area contributed by atoms with Crippen LogP contribution in [0, 0.1) is 11.7 Å². The average Bonchev–Trinajstić information content (AvgIpc) is 3.50. The Kier molecular flexibility index (Phi) is 8.08. The van der Waals surface area contributed by atoms with Gasteiger partial charge in [0.2, 0.25) is 0 Å². The highest BCUT2D eigenvalue weighted by molar-refractivity contribution is 7.81. The van der Waals surface area contributed by atoms with Crippen LogP contribution in [0.1, 0.15) is 43.0 Å². The summed E-state index contributed by atoms with van der Waals surface area (Å²) in [4.78, 5) is 27.2. The predicted octanol–water partition coefficient (Wildman–Crippen LogP) is 3.42. The summed E-state index contributed by atoms with van der Waals surface area (Å²) in [5.74, 6) is -1.17. The van der Waals surface area contributed by atoms with Gasteiger partial charge in [0.1, 0.15) is 11.5 Å². The fourth-order valence-electron chi connectivity index (χ4n) is 3.94. The molecule has 172 valence electrons. The molecule has 0 radical (unpaired) electrons. The van der Waals surface area contributed by atoms with Crippen LogP contribution >= 0.6 is 25.0 Å². The highest BCUT2D eigenvalue weighted by Crippen LogP contribution is 2.39. The molecule has 2 aromatic rings. The molecule has 1 saturated carbocycles. The molecule has 0 bridgehead atoms. The maximum absolute atomic E-state index is 14.6. The zero-order valence-corrected chi connectivity index (χ0v) is 19.1. The van der Waals surface area contributed by atoms with Crippen LogP contribution in [0.2, 0.25) is 0 Å². The number of hydrogen-bond donors (Lipinski definition) is 2. The summed E-state index contributed by atoms with van der Waals surface area (Å²) in [5.41, 5.74) is 2.01. The number of piperidine rings is 1. The molecule has 7 nitrogen and oxygen atoms in total. The minimum Gasteiger partial charge on any atom is -0.481 e. The summed E-state index contributed by atoms with van der Waals surface area (Å²) in [6.45, 7) is 1.32. The SMILES string of the molecule is Cl.O=C(O)CCn1ncc(C=C2CN(C(C(=O)C3CC3)c3ccccc3F)CCC2S)n1. The van der Waals surface area contributed by atoms with Crippen LogP contribution in [0.3, 0.4) is 0 Å². The molecule has 1 aromatic heterocycles. The number of rotatable bonds is 8. The second-order valence-corrected chi connectivity index (χ2v) is 8.73. The van der Waals surface area contributed by atoms with E-state index >= 15 is 0 Å². The van der Waals surface area contributed by atoms with Gasteiger partial charge in [0.25, 0.3) is 0 Å². The lowest BCUT2D eigenvalue weighted by Crippen LogP contribution is -2.42. The second-order valence-electron chi connectivity index (χ2n) is 8.10. The molecule has 32 heavy (non-hydrogen) atoms. The number of likely N-dealkylation sites (tertiary alicyclic amines) is 1. The minimum atomic E-state index is -0.907. The molecule has 2 atom stereocenters. The quantitative estimate of drug-likeness (QED) is 0.563. The van der Waals surface area contributed by atoms with Gasteiger partial charge < -0.3 is 5.11 Å². The molecular formula is C22H26ClFN4O3S. The molecule has 1 aliphatic carbocycles. The van der Waals surface area contributed by atoms with E-state index in [1.807, 2.05) is 11.0 Å². The van der Waals surface area contributed by atoms with Crippen LogP contribution in [0.25, 0.3) is 6.08 Å². The number of ketones is 1. The molecule has 0 amide bonds. The van der Waals surface area contributed by atoms with E-state index in [1.165, 1.54) is 10.9 Å². The molecule has 2 unspecified atom stereocenters. The topological polar surface area (TPSA) is 88.3 Å². The zero-order chi connectivity index (χ0) is 22.0. The maximum Gasteiger partial charge on any atom is 0.305 e. The second kappa shape index (κ2) is 10.6. The normalized spacial score (nSPS) is 21.2. The van der Waals surface area contributed by atoms with Crippen molar-refractivity contribution in [3.63, 3.8) is 0 Å². The standard InChI is InChI=1S/C22H25FN4O3S.ClH/c23-18-4-2-1-3-17(18)21(22(30)14-5-6-14)26-9-7-19(31)15(13-26)11-16-12-24-27(25-16)10-8-20(28)29;/h1-4,11-12,14,19,21,31H,5-10,13H2,(H,28,29);1H. The Bertz CT molecular complexity index is 1010. The Morgan fingerprint density at radius 1 is 1.28 bits per heavy atom. The molecule has 10 heteroatoms. The smallest absolute Gasteiger partial charge is 0.305 e. The lowest BCUT2D eigenvalue weighted by Gasteiger charge is -2.37. The van der Waals surface area contributed by atoms with Crippen molar-refractivity contribution in [3.8, 4) is 0 Å². The summed E-state index contributed by atoms with van der Waals surface area (Å²) >= 11 is 4.70. The van der Waals surface area contributed by atoms with Crippen molar-refractivity contribution in [2.75, 3.05) is 13.1 Å². The molecule has 2 aliphatic rings. The average molecular weight is 481 g/mol. The number of benzene rings is 1. The molecule has 4 rings (SSSR count). The number of carbonyl (C=O) groups excluding carboxylic acids is 1. The van der Waals surface area contributed by atoms with Crippen molar-refractivity contribution in [1.82, 2.24) is 19.9 Å². The van der Waals surface area contributed by atoms with E-state index in [9.17, 15) is 14.0 Å². The van der Waals surface area contributed by atoms with Gasteiger partial charge in [-0.05, 0) is 37.0 Å². The van der Waals surface area contributed by atoms with E-state index in [1.54, 1.807) is 24.4 Å². The van der Waals surface area contributed by atoms with Crippen LogP contribution < -0.4 is 0 Å². The summed E-state index contributed by atoms with van der Waals surface area (Å²) in [6, 6.07) is 5.90. The number of Topliss-reactive ketones (excluding diaryl/α,β-unsaturated/α-hetero) is 1. The number of nitrogens with zero attached hydrogens (tertiary/aromatic N) is 4. The highest BCUT2D eigenvalue weighted by Gasteiger charge is 2.40. The van der Waals surface area contributed by atoms with Crippen LogP contribution in [-0.4, -0.2) is 55.1 Å². The first kappa shape index (κ1) is 24.4. The number of thiol groups is 1. The fourth-order valence-corrected chi connectivity index (χ4v) is 4.21. The molecule has 2 fully saturated rings. The van der Waals surface area contributed by atoms with Crippen LogP contribution in [0.15, 0.2) is 36.0 Å². The molecule has 0 spiro atoms. The predicted molar refractivity (Wildman–Crippen MR) is 123 cm³/mol. The molecular weight excluding hydrogens is 455 g/mol. The first-order chi connectivity index (χ1) is 14.9. The highest BCUT2D eigenvalue weighted by atomic mass is 35.5. The van der Waals surface area contributed by atoms with E-state index in [0.717, 1.165) is 24.8 Å². The van der Waals surface area contributed by atoms with Gasteiger partial charge in [-0.2, -0.15) is 27.6 Å². The summed E-state index contributed by atoms with van der Waals surface area (Å²) < 4.78 is 14.6. The number of aryl methyl sites for hydroxylation is 1. The third-order valence-corrected chi connectivity index (χ3v) is 6.32. The third kappa shape index (κ3) is 5.76. The Morgan fingerprint density at radius 2 is 2.03 bits per heavy atom. The van der Waals surface area contributed by atoms with Crippen molar-refractivity contribution in [3.05, 3.63) is 53.1 Å². The number of hydrogen-bond acceptors (Lipinski definition) is 6. The van der Waals surface area contributed by atoms with Gasteiger partial charge in [-0.15, -0.1) is 12.4 Å². The zero-order valence-electron chi connectivity index (χ0n) is 17.4. The monoisotopic (exact) mass is 480 g/mol. The number of aliphatic carboxylic acids is 1. The van der Waals surface area contributed by atoms with E-state index in [2.05, 4.69) is 10.2 Å². The Balaban J connectivity index is 0.00000289. The lowest BCUT2D eigenvalue weighted by molar-refractivity contribution is -0.137. The van der Waals surface area contributed by atoms with Crippen molar-refractivity contribution >= 4 is 42.9 Å². The maximum atomic E-state index is 14.6. The van der Waals surface area contributed by atoms with Crippen LogP contribution in [-0.2, 0) is 16.1 Å². The molecule has 1 aliphatic heterocycles. The van der Waals surface area contributed by atoms with Crippen LogP contribution in [0.4, 0.5) is 4.39 Å². The first-order valence-electron chi connectivity index (χ1n) is 10.4. The third-order valence-electron chi connectivity index (χ3n) is 5.73.